The molecule has 0 radical (unpaired) electrons. The summed E-state index contributed by atoms with van der Waals surface area (Å²) in [6.45, 7) is 2.21. The summed E-state index contributed by atoms with van der Waals surface area (Å²) in [5.74, 6) is -0.827. The van der Waals surface area contributed by atoms with Crippen LogP contribution in [0.1, 0.15) is 77.6 Å². The van der Waals surface area contributed by atoms with E-state index in [9.17, 15) is 9.90 Å². The number of allylic oxidation sites excluding steroid dienone is 2. The second-order valence-electron chi connectivity index (χ2n) is 5.48. The van der Waals surface area contributed by atoms with E-state index in [1.54, 1.807) is 0 Å². The molecule has 0 aromatic rings. The standard InChI is InChI=1S/C17H31BrO2/c1-2-3-4-5-6-7-10-13-16(17(19)20)14-11-8-9-12-15-18/h7,10,16H,2-6,8-9,11-15H2,1H3,(H,19,20)/b10-7-. The fourth-order valence-electron chi connectivity index (χ4n) is 2.25. The van der Waals surface area contributed by atoms with Crippen LogP contribution in [-0.2, 0) is 4.79 Å². The number of hydrogen-bond acceptors (Lipinski definition) is 1. The number of carboxylic acids is 1. The molecule has 0 heterocycles. The Morgan fingerprint density at radius 3 is 2.40 bits per heavy atom. The van der Waals surface area contributed by atoms with Gasteiger partial charge in [-0.2, -0.15) is 0 Å². The number of carboxylic acid groups (broad SMARTS) is 1. The minimum atomic E-state index is -0.638. The first kappa shape index (κ1) is 19.7. The minimum absolute atomic E-state index is 0.189. The third-order valence-electron chi connectivity index (χ3n) is 3.60. The molecule has 20 heavy (non-hydrogen) atoms. The smallest absolute Gasteiger partial charge is 0.306 e. The lowest BCUT2D eigenvalue weighted by Gasteiger charge is -2.09. The zero-order chi connectivity index (χ0) is 15.1. The molecule has 0 amide bonds. The number of unbranched alkanes of at least 4 members (excludes halogenated alkanes) is 7. The molecular weight excluding hydrogens is 316 g/mol. The fraction of sp³-hybridized carbons (Fsp3) is 0.824. The molecule has 3 heteroatoms. The zero-order valence-corrected chi connectivity index (χ0v) is 14.5. The predicted octanol–water partition coefficient (Wildman–Crippen LogP) is 5.95. The normalized spacial score (nSPS) is 12.9. The third-order valence-corrected chi connectivity index (χ3v) is 4.16. The van der Waals surface area contributed by atoms with Crippen molar-refractivity contribution in [3.8, 4) is 0 Å². The fourth-order valence-corrected chi connectivity index (χ4v) is 2.64. The topological polar surface area (TPSA) is 37.3 Å². The number of halogens is 1. The van der Waals surface area contributed by atoms with E-state index in [2.05, 4.69) is 35.0 Å². The van der Waals surface area contributed by atoms with Crippen LogP contribution in [0.5, 0.6) is 0 Å². The van der Waals surface area contributed by atoms with Crippen molar-refractivity contribution in [2.75, 3.05) is 5.33 Å². The van der Waals surface area contributed by atoms with Crippen LogP contribution in [0.2, 0.25) is 0 Å². The van der Waals surface area contributed by atoms with Crippen molar-refractivity contribution in [3.05, 3.63) is 12.2 Å². The van der Waals surface area contributed by atoms with Gasteiger partial charge in [-0.1, -0.05) is 73.5 Å². The van der Waals surface area contributed by atoms with Gasteiger partial charge in [0.2, 0.25) is 0 Å². The number of carbonyl (C=O) groups is 1. The number of rotatable bonds is 14. The van der Waals surface area contributed by atoms with E-state index in [1.165, 1.54) is 38.5 Å². The molecule has 0 aliphatic carbocycles. The molecule has 0 spiro atoms. The predicted molar refractivity (Wildman–Crippen MR) is 90.5 cm³/mol. The Morgan fingerprint density at radius 1 is 1.05 bits per heavy atom. The van der Waals surface area contributed by atoms with E-state index in [-0.39, 0.29) is 5.92 Å². The van der Waals surface area contributed by atoms with Crippen LogP contribution in [0.15, 0.2) is 12.2 Å². The first-order valence-corrected chi connectivity index (χ1v) is 9.28. The SMILES string of the molecule is CCCCCC/C=C\CC(CCCCCCBr)C(=O)O. The maximum absolute atomic E-state index is 11.2. The summed E-state index contributed by atoms with van der Waals surface area (Å²) < 4.78 is 0. The van der Waals surface area contributed by atoms with Crippen molar-refractivity contribution >= 4 is 21.9 Å². The lowest BCUT2D eigenvalue weighted by Crippen LogP contribution is -2.12. The summed E-state index contributed by atoms with van der Waals surface area (Å²) in [7, 11) is 0. The monoisotopic (exact) mass is 346 g/mol. The molecule has 0 saturated carbocycles. The first-order chi connectivity index (χ1) is 9.72. The van der Waals surface area contributed by atoms with Crippen LogP contribution in [0, 0.1) is 5.92 Å². The van der Waals surface area contributed by atoms with E-state index in [0.29, 0.717) is 6.42 Å². The van der Waals surface area contributed by atoms with Gasteiger partial charge in [0.15, 0.2) is 0 Å². The summed E-state index contributed by atoms with van der Waals surface area (Å²) in [6.07, 6.45) is 16.5. The van der Waals surface area contributed by atoms with Crippen molar-refractivity contribution in [3.63, 3.8) is 0 Å². The molecule has 0 aromatic heterocycles. The van der Waals surface area contributed by atoms with Gasteiger partial charge in [-0.25, -0.2) is 0 Å². The maximum atomic E-state index is 11.2. The highest BCUT2D eigenvalue weighted by atomic mass is 79.9. The molecular formula is C17H31BrO2. The van der Waals surface area contributed by atoms with Gasteiger partial charge in [0.25, 0.3) is 0 Å². The Kier molecular flexibility index (Phi) is 14.9. The molecule has 0 aromatic carbocycles. The van der Waals surface area contributed by atoms with Gasteiger partial charge < -0.3 is 5.11 Å². The summed E-state index contributed by atoms with van der Waals surface area (Å²) >= 11 is 3.41. The van der Waals surface area contributed by atoms with Gasteiger partial charge in [0.05, 0.1) is 5.92 Å². The molecule has 0 aliphatic rings. The highest BCUT2D eigenvalue weighted by Gasteiger charge is 2.14. The zero-order valence-electron chi connectivity index (χ0n) is 13.0. The molecule has 1 N–H and O–H groups in total. The van der Waals surface area contributed by atoms with Gasteiger partial charge >= 0.3 is 5.97 Å². The molecule has 2 nitrogen and oxygen atoms in total. The van der Waals surface area contributed by atoms with Gasteiger partial charge in [0.1, 0.15) is 0 Å². The maximum Gasteiger partial charge on any atom is 0.306 e. The van der Waals surface area contributed by atoms with Crippen molar-refractivity contribution in [2.45, 2.75) is 77.6 Å². The number of hydrogen-bond donors (Lipinski definition) is 1. The van der Waals surface area contributed by atoms with Gasteiger partial charge in [-0.3, -0.25) is 4.79 Å². The van der Waals surface area contributed by atoms with Gasteiger partial charge in [-0.05, 0) is 32.1 Å². The highest BCUT2D eigenvalue weighted by molar-refractivity contribution is 9.09. The Bertz CT molecular complexity index is 251. The third kappa shape index (κ3) is 12.7. The van der Waals surface area contributed by atoms with Crippen molar-refractivity contribution in [2.24, 2.45) is 5.92 Å². The lowest BCUT2D eigenvalue weighted by molar-refractivity contribution is -0.141. The van der Waals surface area contributed by atoms with Crippen LogP contribution in [0.3, 0.4) is 0 Å². The van der Waals surface area contributed by atoms with Crippen LogP contribution in [-0.4, -0.2) is 16.4 Å². The van der Waals surface area contributed by atoms with Crippen molar-refractivity contribution < 1.29 is 9.90 Å². The Labute approximate surface area is 133 Å². The highest BCUT2D eigenvalue weighted by Crippen LogP contribution is 2.16. The van der Waals surface area contributed by atoms with E-state index in [0.717, 1.165) is 31.0 Å². The molecule has 1 unspecified atom stereocenters. The Balaban J connectivity index is 3.68. The Morgan fingerprint density at radius 2 is 1.75 bits per heavy atom. The van der Waals surface area contributed by atoms with Crippen LogP contribution < -0.4 is 0 Å². The molecule has 118 valence electrons. The van der Waals surface area contributed by atoms with Crippen LogP contribution >= 0.6 is 15.9 Å². The van der Waals surface area contributed by atoms with E-state index >= 15 is 0 Å². The number of alkyl halides is 1. The summed E-state index contributed by atoms with van der Waals surface area (Å²) in [4.78, 5) is 11.2. The average Bonchev–Trinajstić information content (AvgIpc) is 2.43. The van der Waals surface area contributed by atoms with E-state index in [1.807, 2.05) is 0 Å². The molecule has 0 rings (SSSR count). The summed E-state index contributed by atoms with van der Waals surface area (Å²) in [5, 5.41) is 10.3. The second-order valence-corrected chi connectivity index (χ2v) is 6.28. The van der Waals surface area contributed by atoms with Gasteiger partial charge in [0, 0.05) is 5.33 Å². The van der Waals surface area contributed by atoms with Crippen molar-refractivity contribution in [1.82, 2.24) is 0 Å². The van der Waals surface area contributed by atoms with Crippen LogP contribution in [0.25, 0.3) is 0 Å². The molecule has 0 fully saturated rings. The lowest BCUT2D eigenvalue weighted by atomic mass is 9.97. The van der Waals surface area contributed by atoms with Crippen LogP contribution in [0.4, 0.5) is 0 Å². The van der Waals surface area contributed by atoms with E-state index < -0.39 is 5.97 Å². The molecule has 0 bridgehead atoms. The average molecular weight is 347 g/mol. The van der Waals surface area contributed by atoms with Gasteiger partial charge in [-0.15, -0.1) is 0 Å². The molecule has 0 aliphatic heterocycles. The Hall–Kier alpha value is -0.310. The first-order valence-electron chi connectivity index (χ1n) is 8.16. The number of aliphatic carboxylic acids is 1. The van der Waals surface area contributed by atoms with E-state index in [4.69, 9.17) is 0 Å². The summed E-state index contributed by atoms with van der Waals surface area (Å²) in [5.41, 5.74) is 0. The van der Waals surface area contributed by atoms with Crippen molar-refractivity contribution in [1.29, 1.82) is 0 Å². The second kappa shape index (κ2) is 15.1. The molecule has 0 saturated heterocycles. The molecule has 1 atom stereocenters. The quantitative estimate of drug-likeness (QED) is 0.239. The largest absolute Gasteiger partial charge is 0.481 e. The minimum Gasteiger partial charge on any atom is -0.481 e. The summed E-state index contributed by atoms with van der Waals surface area (Å²) in [6, 6.07) is 0.